The maximum Gasteiger partial charge on any atom is 0.168 e. The molecule has 0 saturated heterocycles. The minimum Gasteiger partial charge on any atom is -0.378 e. The Bertz CT molecular complexity index is 2170. The van der Waals surface area contributed by atoms with Crippen LogP contribution in [0.1, 0.15) is 83.1 Å². The number of fused-ring (bicyclic) bond motifs is 8. The average molecular weight is 691 g/mol. The van der Waals surface area contributed by atoms with Gasteiger partial charge in [0.15, 0.2) is 16.5 Å². The van der Waals surface area contributed by atoms with Gasteiger partial charge in [-0.2, -0.15) is 0 Å². The van der Waals surface area contributed by atoms with Gasteiger partial charge in [-0.1, -0.05) is 132 Å². The highest BCUT2D eigenvalue weighted by Gasteiger charge is 2.47. The quantitative estimate of drug-likeness (QED) is 0.0853. The second kappa shape index (κ2) is 10.5. The predicted molar refractivity (Wildman–Crippen MR) is 225 cm³/mol. The molecule has 0 amide bonds. The first kappa shape index (κ1) is 32.3. The van der Waals surface area contributed by atoms with E-state index >= 15 is 0 Å². The second-order valence-corrected chi connectivity index (χ2v) is 29.3. The molecule has 2 aromatic heterocycles. The molecule has 0 atom stereocenters. The Morgan fingerprint density at radius 1 is 0.300 bits per heavy atom. The fraction of sp³-hybridized carbons (Fsp3) is 0.391. The van der Waals surface area contributed by atoms with Crippen molar-refractivity contribution in [2.24, 2.45) is 0 Å². The lowest BCUT2D eigenvalue weighted by Gasteiger charge is -2.44. The number of rotatable bonds is 8. The molecular formula is C46H54N2Si2. The fourth-order valence-corrected chi connectivity index (χ4v) is 25.8. The van der Waals surface area contributed by atoms with Gasteiger partial charge in [0.25, 0.3) is 0 Å². The van der Waals surface area contributed by atoms with Crippen LogP contribution >= 0.6 is 0 Å². The molecular weight excluding hydrogens is 637 g/mol. The van der Waals surface area contributed by atoms with Gasteiger partial charge in [0.1, 0.15) is 0 Å². The minimum atomic E-state index is -1.84. The molecule has 0 bridgehead atoms. The van der Waals surface area contributed by atoms with Crippen LogP contribution in [0.5, 0.6) is 0 Å². The Morgan fingerprint density at radius 3 is 0.720 bits per heavy atom. The zero-order chi connectivity index (χ0) is 35.3. The van der Waals surface area contributed by atoms with E-state index in [4.69, 9.17) is 0 Å². The Kier molecular flexibility index (Phi) is 6.77. The van der Waals surface area contributed by atoms with E-state index in [0.717, 1.165) is 0 Å². The van der Waals surface area contributed by atoms with Gasteiger partial charge in [-0.15, -0.1) is 0 Å². The third-order valence-corrected chi connectivity index (χ3v) is 27.6. The van der Waals surface area contributed by atoms with Crippen LogP contribution in [0.3, 0.4) is 0 Å². The van der Waals surface area contributed by atoms with E-state index in [1.807, 2.05) is 0 Å². The summed E-state index contributed by atoms with van der Waals surface area (Å²) in [5.74, 6) is 0. The molecule has 2 aliphatic carbocycles. The Labute approximate surface area is 301 Å². The summed E-state index contributed by atoms with van der Waals surface area (Å²) in [5, 5.41) is 11.4. The van der Waals surface area contributed by atoms with Gasteiger partial charge in [0.2, 0.25) is 0 Å². The highest BCUT2D eigenvalue weighted by molar-refractivity contribution is 6.82. The molecule has 0 fully saturated rings. The minimum absolute atomic E-state index is 0.665. The van der Waals surface area contributed by atoms with Crippen LogP contribution in [-0.2, 0) is 0 Å². The predicted octanol–water partition coefficient (Wildman–Crippen LogP) is 14.7. The highest BCUT2D eigenvalue weighted by atomic mass is 28.3. The molecule has 9 rings (SSSR count). The molecule has 0 spiro atoms. The number of aromatic nitrogens is 2. The molecule has 2 nitrogen and oxygen atoms in total. The van der Waals surface area contributed by atoms with Gasteiger partial charge in [-0.25, -0.2) is 0 Å². The van der Waals surface area contributed by atoms with Crippen molar-refractivity contribution in [3.05, 3.63) is 73.3 Å². The molecule has 0 saturated carbocycles. The van der Waals surface area contributed by atoms with E-state index in [9.17, 15) is 0 Å². The van der Waals surface area contributed by atoms with Crippen molar-refractivity contribution in [1.29, 1.82) is 0 Å². The van der Waals surface area contributed by atoms with Crippen molar-refractivity contribution < 1.29 is 0 Å². The maximum atomic E-state index is 2.74. The first-order chi connectivity index (χ1) is 23.8. The molecule has 256 valence electrons. The average Bonchev–Trinajstić information content (AvgIpc) is 3.80. The van der Waals surface area contributed by atoms with Gasteiger partial charge in [0, 0.05) is 47.0 Å². The van der Waals surface area contributed by atoms with Crippen molar-refractivity contribution in [2.45, 2.75) is 116 Å². The number of hydrogen-bond acceptors (Lipinski definition) is 0. The molecule has 0 unspecified atom stereocenters. The topological polar surface area (TPSA) is 9.86 Å². The molecule has 4 heteroatoms. The van der Waals surface area contributed by atoms with E-state index < -0.39 is 16.5 Å². The van der Waals surface area contributed by atoms with Crippen LogP contribution in [0, 0.1) is 0 Å². The summed E-state index contributed by atoms with van der Waals surface area (Å²) >= 11 is 0. The summed E-state index contributed by atoms with van der Waals surface area (Å²) in [5.41, 5.74) is 15.4. The Balaban J connectivity index is 1.26. The number of nitrogens with zero attached hydrogens (tertiary/aromatic N) is 2. The Hall–Kier alpha value is -3.61. The number of hydrogen-bond donors (Lipinski definition) is 0. The van der Waals surface area contributed by atoms with Gasteiger partial charge in [0.05, 0.1) is 0 Å². The summed E-state index contributed by atoms with van der Waals surface area (Å²) < 4.78 is 5.48. The third kappa shape index (κ3) is 3.60. The summed E-state index contributed by atoms with van der Waals surface area (Å²) in [6, 6.07) is 19.6. The maximum absolute atomic E-state index is 2.74. The van der Waals surface area contributed by atoms with Gasteiger partial charge in [-0.05, 0) is 98.6 Å². The van der Waals surface area contributed by atoms with Crippen LogP contribution < -0.4 is 0 Å². The van der Waals surface area contributed by atoms with Gasteiger partial charge >= 0.3 is 0 Å². The van der Waals surface area contributed by atoms with E-state index in [1.165, 1.54) is 87.6 Å². The van der Waals surface area contributed by atoms with Gasteiger partial charge < -0.3 is 8.47 Å². The molecule has 7 aromatic rings. The molecule has 5 aromatic carbocycles. The monoisotopic (exact) mass is 690 g/mol. The molecule has 0 N–H and O–H groups in total. The molecule has 2 aliphatic rings. The van der Waals surface area contributed by atoms with E-state index in [1.54, 1.807) is 0 Å². The summed E-state index contributed by atoms with van der Waals surface area (Å²) in [6.45, 7) is 29.6. The van der Waals surface area contributed by atoms with Crippen molar-refractivity contribution in [1.82, 2.24) is 8.47 Å². The zero-order valence-electron chi connectivity index (χ0n) is 32.3. The smallest absolute Gasteiger partial charge is 0.168 e. The highest BCUT2D eigenvalue weighted by Crippen LogP contribution is 2.57. The van der Waals surface area contributed by atoms with Crippen LogP contribution in [0.2, 0.25) is 33.2 Å². The molecule has 0 radical (unpaired) electrons. The summed E-state index contributed by atoms with van der Waals surface area (Å²) in [4.78, 5) is 0. The second-order valence-electron chi connectivity index (χ2n) is 17.8. The van der Waals surface area contributed by atoms with Crippen molar-refractivity contribution >= 4 is 59.6 Å². The lowest BCUT2D eigenvalue weighted by molar-refractivity contribution is 0.766. The normalized spacial score (nSPS) is 14.3. The van der Waals surface area contributed by atoms with Crippen LogP contribution in [0.25, 0.3) is 87.6 Å². The molecule has 0 aliphatic heterocycles. The number of benzene rings is 5. The van der Waals surface area contributed by atoms with E-state index in [2.05, 4.69) is 165 Å². The zero-order valence-corrected chi connectivity index (χ0v) is 34.3. The van der Waals surface area contributed by atoms with Crippen LogP contribution in [-0.4, -0.2) is 24.9 Å². The summed E-state index contributed by atoms with van der Waals surface area (Å²) in [7, 11) is -3.68. The lowest BCUT2D eigenvalue weighted by atomic mass is 9.86. The van der Waals surface area contributed by atoms with Crippen molar-refractivity contribution in [3.63, 3.8) is 0 Å². The van der Waals surface area contributed by atoms with Gasteiger partial charge in [-0.3, -0.25) is 0 Å². The lowest BCUT2D eigenvalue weighted by Crippen LogP contribution is -2.51. The molecule has 2 heterocycles. The van der Waals surface area contributed by atoms with E-state index in [-0.39, 0.29) is 0 Å². The first-order valence-electron chi connectivity index (χ1n) is 19.4. The SMILES string of the molecule is CC(C)[Si](C(C)C)(C(C)C)n1cc2c(c1)-c1ccc3c4ccc5c6c(ccc(c7ccc-2c1c73)c64)-c1cn([Si](C(C)C)(C(C)C)C(C)C)cc1-5. The summed E-state index contributed by atoms with van der Waals surface area (Å²) in [6.07, 6.45) is 10.2. The third-order valence-electron chi connectivity index (χ3n) is 14.2. The molecule has 50 heavy (non-hydrogen) atoms. The first-order valence-corrected chi connectivity index (χ1v) is 23.8. The Morgan fingerprint density at radius 2 is 0.520 bits per heavy atom. The van der Waals surface area contributed by atoms with E-state index in [0.29, 0.717) is 33.2 Å². The largest absolute Gasteiger partial charge is 0.378 e. The fourth-order valence-electron chi connectivity index (χ4n) is 12.8. The van der Waals surface area contributed by atoms with Crippen molar-refractivity contribution in [2.75, 3.05) is 0 Å². The van der Waals surface area contributed by atoms with Crippen LogP contribution in [0.15, 0.2) is 73.3 Å². The standard InChI is InChI=1S/C46H54N2Si2/c1-25(2)49(26(3)4,27(5)6)47-21-39-35-17-13-31-33-15-19-37-41-23-48(50(28(7)8,29(9)10)30(11)12)24-42(41)38-20-16-34(44(33)46(37)38)32-14-18-36(40(39)22-47)45(35)43(31)32/h13-30H,1-12H3. The van der Waals surface area contributed by atoms with Crippen molar-refractivity contribution in [3.8, 4) is 44.5 Å². The van der Waals surface area contributed by atoms with Crippen LogP contribution in [0.4, 0.5) is 0 Å².